The lowest BCUT2D eigenvalue weighted by molar-refractivity contribution is -0.130. The highest BCUT2D eigenvalue weighted by atomic mass is 32.2. The Bertz CT molecular complexity index is 860. The maximum atomic E-state index is 12.4. The Hall–Kier alpha value is -2.80. The lowest BCUT2D eigenvalue weighted by Gasteiger charge is -2.26. The molecule has 1 fully saturated rings. The molecule has 0 saturated carbocycles. The van der Waals surface area contributed by atoms with Gasteiger partial charge in [0.05, 0.1) is 6.42 Å². The first-order valence-electron chi connectivity index (χ1n) is 9.60. The fourth-order valence-corrected chi connectivity index (χ4v) is 3.91. The number of rotatable bonds is 6. The number of carbonyl (C=O) groups excluding carboxylic acids is 3. The highest BCUT2D eigenvalue weighted by Gasteiger charge is 2.16. The first-order valence-corrected chi connectivity index (χ1v) is 10.8. The Morgan fingerprint density at radius 2 is 1.55 bits per heavy atom. The van der Waals surface area contributed by atoms with Gasteiger partial charge in [-0.25, -0.2) is 0 Å². The predicted molar refractivity (Wildman–Crippen MR) is 116 cm³/mol. The fraction of sp³-hybridized carbons (Fsp3) is 0.318. The molecule has 2 aromatic carbocycles. The maximum absolute atomic E-state index is 12.4. The SMILES string of the molecule is CC(=O)NCc1ccc(C(=O)Nc2ccc(CC(=O)N3CCSCC3)cc2)cc1. The van der Waals surface area contributed by atoms with Crippen molar-refractivity contribution in [3.63, 3.8) is 0 Å². The van der Waals surface area contributed by atoms with Crippen molar-refractivity contribution in [3.8, 4) is 0 Å². The molecular weight excluding hydrogens is 386 g/mol. The minimum Gasteiger partial charge on any atom is -0.352 e. The molecular formula is C22H25N3O3S. The van der Waals surface area contributed by atoms with E-state index in [-0.39, 0.29) is 17.7 Å². The van der Waals surface area contributed by atoms with Crippen LogP contribution in [0.5, 0.6) is 0 Å². The van der Waals surface area contributed by atoms with E-state index in [1.807, 2.05) is 53.1 Å². The second-order valence-electron chi connectivity index (χ2n) is 6.93. The number of hydrogen-bond acceptors (Lipinski definition) is 4. The van der Waals surface area contributed by atoms with Gasteiger partial charge in [-0.05, 0) is 35.4 Å². The summed E-state index contributed by atoms with van der Waals surface area (Å²) in [7, 11) is 0. The van der Waals surface area contributed by atoms with Crippen molar-refractivity contribution in [2.75, 3.05) is 29.9 Å². The minimum absolute atomic E-state index is 0.0908. The third kappa shape index (κ3) is 6.35. The molecule has 2 N–H and O–H groups in total. The van der Waals surface area contributed by atoms with Gasteiger partial charge in [-0.15, -0.1) is 0 Å². The summed E-state index contributed by atoms with van der Waals surface area (Å²) >= 11 is 1.88. The molecule has 1 heterocycles. The van der Waals surface area contributed by atoms with E-state index in [0.29, 0.717) is 24.2 Å². The molecule has 1 aliphatic heterocycles. The van der Waals surface area contributed by atoms with Gasteiger partial charge in [-0.3, -0.25) is 14.4 Å². The lowest BCUT2D eigenvalue weighted by Crippen LogP contribution is -2.38. The van der Waals surface area contributed by atoms with E-state index < -0.39 is 0 Å². The van der Waals surface area contributed by atoms with E-state index in [1.54, 1.807) is 12.1 Å². The van der Waals surface area contributed by atoms with E-state index >= 15 is 0 Å². The maximum Gasteiger partial charge on any atom is 0.255 e. The van der Waals surface area contributed by atoms with Crippen LogP contribution in [-0.4, -0.2) is 47.2 Å². The summed E-state index contributed by atoms with van der Waals surface area (Å²) in [4.78, 5) is 37.6. The van der Waals surface area contributed by atoms with Gasteiger partial charge in [0.1, 0.15) is 0 Å². The number of anilines is 1. The van der Waals surface area contributed by atoms with Crippen LogP contribution < -0.4 is 10.6 Å². The molecule has 0 spiro atoms. The van der Waals surface area contributed by atoms with Gasteiger partial charge < -0.3 is 15.5 Å². The fourth-order valence-electron chi connectivity index (χ4n) is 3.01. The van der Waals surface area contributed by atoms with Crippen molar-refractivity contribution in [2.24, 2.45) is 0 Å². The molecule has 7 heteroatoms. The van der Waals surface area contributed by atoms with Crippen LogP contribution in [0.4, 0.5) is 5.69 Å². The summed E-state index contributed by atoms with van der Waals surface area (Å²) in [5.74, 6) is 1.87. The molecule has 6 nitrogen and oxygen atoms in total. The highest BCUT2D eigenvalue weighted by molar-refractivity contribution is 7.99. The summed E-state index contributed by atoms with van der Waals surface area (Å²) in [6, 6.07) is 14.5. The lowest BCUT2D eigenvalue weighted by atomic mass is 10.1. The van der Waals surface area contributed by atoms with E-state index in [9.17, 15) is 14.4 Å². The van der Waals surface area contributed by atoms with Crippen molar-refractivity contribution in [1.82, 2.24) is 10.2 Å². The quantitative estimate of drug-likeness (QED) is 0.766. The van der Waals surface area contributed by atoms with E-state index in [2.05, 4.69) is 10.6 Å². The Morgan fingerprint density at radius 3 is 2.17 bits per heavy atom. The molecule has 0 atom stereocenters. The topological polar surface area (TPSA) is 78.5 Å². The molecule has 3 amide bonds. The van der Waals surface area contributed by atoms with Gasteiger partial charge in [0.25, 0.3) is 5.91 Å². The molecule has 0 aromatic heterocycles. The molecule has 1 saturated heterocycles. The number of nitrogens with zero attached hydrogens (tertiary/aromatic N) is 1. The molecule has 0 bridgehead atoms. The monoisotopic (exact) mass is 411 g/mol. The Labute approximate surface area is 175 Å². The first kappa shape index (κ1) is 20.9. The van der Waals surface area contributed by atoms with Crippen LogP contribution in [0.2, 0.25) is 0 Å². The molecule has 0 unspecified atom stereocenters. The summed E-state index contributed by atoms with van der Waals surface area (Å²) in [6.45, 7) is 3.55. The van der Waals surface area contributed by atoms with Crippen LogP contribution >= 0.6 is 11.8 Å². The van der Waals surface area contributed by atoms with Crippen molar-refractivity contribution < 1.29 is 14.4 Å². The van der Waals surface area contributed by atoms with Gasteiger partial charge in [0.2, 0.25) is 11.8 Å². The van der Waals surface area contributed by atoms with Gasteiger partial charge in [-0.2, -0.15) is 11.8 Å². The molecule has 2 aromatic rings. The Morgan fingerprint density at radius 1 is 0.931 bits per heavy atom. The smallest absolute Gasteiger partial charge is 0.255 e. The van der Waals surface area contributed by atoms with Crippen LogP contribution in [0.25, 0.3) is 0 Å². The zero-order valence-electron chi connectivity index (χ0n) is 16.4. The second kappa shape index (κ2) is 10.1. The van der Waals surface area contributed by atoms with Gasteiger partial charge >= 0.3 is 0 Å². The zero-order valence-corrected chi connectivity index (χ0v) is 17.3. The third-order valence-electron chi connectivity index (χ3n) is 4.69. The molecule has 3 rings (SSSR count). The van der Waals surface area contributed by atoms with E-state index in [0.717, 1.165) is 35.7 Å². The Kier molecular flexibility index (Phi) is 7.30. The summed E-state index contributed by atoms with van der Waals surface area (Å²) in [5.41, 5.74) is 3.09. The molecule has 152 valence electrons. The summed E-state index contributed by atoms with van der Waals surface area (Å²) in [5, 5.41) is 5.59. The van der Waals surface area contributed by atoms with Crippen LogP contribution in [0.15, 0.2) is 48.5 Å². The number of amides is 3. The average molecular weight is 412 g/mol. The molecule has 29 heavy (non-hydrogen) atoms. The van der Waals surface area contributed by atoms with Gasteiger partial charge in [-0.1, -0.05) is 24.3 Å². The average Bonchev–Trinajstić information content (AvgIpc) is 2.74. The number of carbonyl (C=O) groups is 3. The Balaban J connectivity index is 1.52. The normalized spacial score (nSPS) is 13.6. The van der Waals surface area contributed by atoms with E-state index in [4.69, 9.17) is 0 Å². The van der Waals surface area contributed by atoms with Crippen molar-refractivity contribution >= 4 is 35.2 Å². The van der Waals surface area contributed by atoms with Crippen molar-refractivity contribution in [2.45, 2.75) is 19.9 Å². The highest BCUT2D eigenvalue weighted by Crippen LogP contribution is 2.15. The second-order valence-corrected chi connectivity index (χ2v) is 8.15. The van der Waals surface area contributed by atoms with Crippen LogP contribution in [0.3, 0.4) is 0 Å². The molecule has 0 radical (unpaired) electrons. The van der Waals surface area contributed by atoms with Gasteiger partial charge in [0.15, 0.2) is 0 Å². The van der Waals surface area contributed by atoms with Crippen LogP contribution in [0.1, 0.15) is 28.4 Å². The number of benzene rings is 2. The molecule has 0 aliphatic carbocycles. The number of thioether (sulfide) groups is 1. The standard InChI is InChI=1S/C22H25N3O3S/c1-16(26)23-15-18-2-6-19(7-3-18)22(28)24-20-8-4-17(5-9-20)14-21(27)25-10-12-29-13-11-25/h2-9H,10-15H2,1H3,(H,23,26)(H,24,28). The zero-order chi connectivity index (χ0) is 20.6. The van der Waals surface area contributed by atoms with Crippen molar-refractivity contribution in [1.29, 1.82) is 0 Å². The van der Waals surface area contributed by atoms with E-state index in [1.165, 1.54) is 6.92 Å². The van der Waals surface area contributed by atoms with Crippen LogP contribution in [-0.2, 0) is 22.6 Å². The third-order valence-corrected chi connectivity index (χ3v) is 5.63. The first-order chi connectivity index (χ1) is 14.0. The largest absolute Gasteiger partial charge is 0.352 e. The number of hydrogen-bond donors (Lipinski definition) is 2. The van der Waals surface area contributed by atoms with Crippen molar-refractivity contribution in [3.05, 3.63) is 65.2 Å². The number of nitrogens with one attached hydrogen (secondary N) is 2. The minimum atomic E-state index is -0.203. The van der Waals surface area contributed by atoms with Crippen LogP contribution in [0, 0.1) is 0 Å². The van der Waals surface area contributed by atoms with Gasteiger partial charge in [0, 0.05) is 49.3 Å². The summed E-state index contributed by atoms with van der Waals surface area (Å²) < 4.78 is 0. The predicted octanol–water partition coefficient (Wildman–Crippen LogP) is 2.69. The summed E-state index contributed by atoms with van der Waals surface area (Å²) in [6.07, 6.45) is 0.384. The molecule has 1 aliphatic rings.